The molecule has 0 bridgehead atoms. The van der Waals surface area contributed by atoms with E-state index in [1.165, 1.54) is 51.4 Å². The standard InChI is InChI=1S/C16H23IN2O/c1-2-10-7-8-12(9-10)15-18-14(11-5-3-4-6-11)13(17)16(20)19-15/h10-12H,2-9H2,1H3,(H,18,19,20). The van der Waals surface area contributed by atoms with Gasteiger partial charge in [0.15, 0.2) is 0 Å². The molecule has 2 atom stereocenters. The van der Waals surface area contributed by atoms with Gasteiger partial charge in [0.1, 0.15) is 5.82 Å². The van der Waals surface area contributed by atoms with Crippen LogP contribution < -0.4 is 5.56 Å². The molecule has 2 saturated carbocycles. The molecule has 0 aromatic carbocycles. The summed E-state index contributed by atoms with van der Waals surface area (Å²) in [5, 5.41) is 0. The summed E-state index contributed by atoms with van der Waals surface area (Å²) >= 11 is 2.18. The van der Waals surface area contributed by atoms with Gasteiger partial charge in [-0.2, -0.15) is 0 Å². The van der Waals surface area contributed by atoms with Gasteiger partial charge in [-0.1, -0.05) is 26.2 Å². The van der Waals surface area contributed by atoms with Gasteiger partial charge in [0.25, 0.3) is 5.56 Å². The summed E-state index contributed by atoms with van der Waals surface area (Å²) in [5.74, 6) is 2.78. The summed E-state index contributed by atoms with van der Waals surface area (Å²) < 4.78 is 0.822. The van der Waals surface area contributed by atoms with Crippen molar-refractivity contribution in [3.8, 4) is 0 Å². The second kappa shape index (κ2) is 6.16. The van der Waals surface area contributed by atoms with Gasteiger partial charge in [0.2, 0.25) is 0 Å². The Kier molecular flexibility index (Phi) is 4.48. The van der Waals surface area contributed by atoms with Crippen molar-refractivity contribution in [1.82, 2.24) is 9.97 Å². The zero-order valence-electron chi connectivity index (χ0n) is 12.1. The van der Waals surface area contributed by atoms with Crippen molar-refractivity contribution < 1.29 is 0 Å². The first-order chi connectivity index (χ1) is 9.69. The summed E-state index contributed by atoms with van der Waals surface area (Å²) in [7, 11) is 0. The smallest absolute Gasteiger partial charge is 0.264 e. The molecular weight excluding hydrogens is 363 g/mol. The van der Waals surface area contributed by atoms with Gasteiger partial charge in [-0.15, -0.1) is 0 Å². The number of rotatable bonds is 3. The molecule has 1 heterocycles. The SMILES string of the molecule is CCC1CCC(c2nc(C3CCCC3)c(I)c(=O)[nH]2)C1. The van der Waals surface area contributed by atoms with E-state index in [-0.39, 0.29) is 5.56 Å². The Morgan fingerprint density at radius 1 is 1.20 bits per heavy atom. The number of nitrogens with zero attached hydrogens (tertiary/aromatic N) is 1. The first kappa shape index (κ1) is 14.5. The highest BCUT2D eigenvalue weighted by Gasteiger charge is 2.29. The lowest BCUT2D eigenvalue weighted by Crippen LogP contribution is -2.21. The number of halogens is 1. The zero-order chi connectivity index (χ0) is 14.1. The highest BCUT2D eigenvalue weighted by Crippen LogP contribution is 2.39. The molecule has 2 aliphatic rings. The molecule has 2 unspecified atom stereocenters. The van der Waals surface area contributed by atoms with Gasteiger partial charge >= 0.3 is 0 Å². The number of aromatic amines is 1. The molecule has 20 heavy (non-hydrogen) atoms. The maximum Gasteiger partial charge on any atom is 0.264 e. The summed E-state index contributed by atoms with van der Waals surface area (Å²) in [6.45, 7) is 2.26. The van der Waals surface area contributed by atoms with Gasteiger partial charge in [-0.3, -0.25) is 4.79 Å². The number of H-pyrrole nitrogens is 1. The van der Waals surface area contributed by atoms with Crippen LogP contribution in [0.15, 0.2) is 4.79 Å². The zero-order valence-corrected chi connectivity index (χ0v) is 14.3. The van der Waals surface area contributed by atoms with Crippen molar-refractivity contribution in [1.29, 1.82) is 0 Å². The van der Waals surface area contributed by atoms with Gasteiger partial charge < -0.3 is 4.98 Å². The topological polar surface area (TPSA) is 45.8 Å². The molecule has 2 aliphatic carbocycles. The Morgan fingerprint density at radius 3 is 2.60 bits per heavy atom. The number of hydrogen-bond acceptors (Lipinski definition) is 2. The number of nitrogens with one attached hydrogen (secondary N) is 1. The van der Waals surface area contributed by atoms with Crippen LogP contribution in [-0.4, -0.2) is 9.97 Å². The Balaban J connectivity index is 1.90. The fraction of sp³-hybridized carbons (Fsp3) is 0.750. The van der Waals surface area contributed by atoms with E-state index in [4.69, 9.17) is 4.98 Å². The van der Waals surface area contributed by atoms with E-state index in [0.717, 1.165) is 21.0 Å². The largest absolute Gasteiger partial charge is 0.309 e. The first-order valence-corrected chi connectivity index (χ1v) is 9.06. The third-order valence-corrected chi connectivity index (χ3v) is 6.20. The first-order valence-electron chi connectivity index (χ1n) is 7.98. The van der Waals surface area contributed by atoms with E-state index in [0.29, 0.717) is 11.8 Å². The Hall–Kier alpha value is -0.390. The van der Waals surface area contributed by atoms with Crippen LogP contribution in [0, 0.1) is 9.49 Å². The van der Waals surface area contributed by atoms with Crippen molar-refractivity contribution in [3.05, 3.63) is 25.4 Å². The van der Waals surface area contributed by atoms with Crippen LogP contribution in [0.25, 0.3) is 0 Å². The monoisotopic (exact) mass is 386 g/mol. The second-order valence-corrected chi connectivity index (χ2v) is 7.49. The molecule has 0 saturated heterocycles. The third-order valence-electron chi connectivity index (χ3n) is 5.15. The van der Waals surface area contributed by atoms with Gasteiger partial charge in [-0.05, 0) is 60.6 Å². The molecule has 0 amide bonds. The van der Waals surface area contributed by atoms with Gasteiger partial charge in [0, 0.05) is 11.8 Å². The van der Waals surface area contributed by atoms with Crippen molar-refractivity contribution in [2.24, 2.45) is 5.92 Å². The molecule has 2 fully saturated rings. The minimum atomic E-state index is 0.0810. The quantitative estimate of drug-likeness (QED) is 0.787. The lowest BCUT2D eigenvalue weighted by Gasteiger charge is -2.15. The highest BCUT2D eigenvalue weighted by atomic mass is 127. The molecule has 110 valence electrons. The summed E-state index contributed by atoms with van der Waals surface area (Å²) in [4.78, 5) is 20.2. The van der Waals surface area contributed by atoms with Gasteiger partial charge in [0.05, 0.1) is 9.26 Å². The number of hydrogen-bond donors (Lipinski definition) is 1. The molecule has 3 nitrogen and oxygen atoms in total. The van der Waals surface area contributed by atoms with E-state index in [2.05, 4.69) is 34.5 Å². The summed E-state index contributed by atoms with van der Waals surface area (Å²) in [6.07, 6.45) is 9.90. The third kappa shape index (κ3) is 2.81. The number of aromatic nitrogens is 2. The average molecular weight is 386 g/mol. The predicted octanol–water partition coefficient (Wildman–Crippen LogP) is 4.33. The fourth-order valence-corrected chi connectivity index (χ4v) is 4.55. The lowest BCUT2D eigenvalue weighted by atomic mass is 10.0. The molecule has 1 aromatic rings. The summed E-state index contributed by atoms with van der Waals surface area (Å²) in [6, 6.07) is 0. The van der Waals surface area contributed by atoms with Crippen LogP contribution in [-0.2, 0) is 0 Å². The average Bonchev–Trinajstić information content (AvgIpc) is 3.11. The van der Waals surface area contributed by atoms with E-state index in [9.17, 15) is 4.79 Å². The fourth-order valence-electron chi connectivity index (χ4n) is 3.85. The molecule has 0 spiro atoms. The molecule has 0 radical (unpaired) electrons. The van der Waals surface area contributed by atoms with E-state index in [1.807, 2.05) is 0 Å². The minimum absolute atomic E-state index is 0.0810. The van der Waals surface area contributed by atoms with Crippen molar-refractivity contribution in [3.63, 3.8) is 0 Å². The molecule has 1 N–H and O–H groups in total. The van der Waals surface area contributed by atoms with E-state index in [1.54, 1.807) is 0 Å². The van der Waals surface area contributed by atoms with Crippen LogP contribution in [0.3, 0.4) is 0 Å². The van der Waals surface area contributed by atoms with Crippen molar-refractivity contribution in [2.75, 3.05) is 0 Å². The van der Waals surface area contributed by atoms with Crippen molar-refractivity contribution >= 4 is 22.6 Å². The Labute approximate surface area is 134 Å². The van der Waals surface area contributed by atoms with Crippen LogP contribution >= 0.6 is 22.6 Å². The minimum Gasteiger partial charge on any atom is -0.309 e. The Morgan fingerprint density at radius 2 is 1.95 bits per heavy atom. The molecule has 0 aliphatic heterocycles. The molecular formula is C16H23IN2O. The van der Waals surface area contributed by atoms with E-state index >= 15 is 0 Å². The Bertz CT molecular complexity index is 534. The summed E-state index contributed by atoms with van der Waals surface area (Å²) in [5.41, 5.74) is 1.17. The second-order valence-electron chi connectivity index (χ2n) is 6.42. The van der Waals surface area contributed by atoms with Crippen LogP contribution in [0.4, 0.5) is 0 Å². The normalized spacial score (nSPS) is 27.3. The van der Waals surface area contributed by atoms with E-state index < -0.39 is 0 Å². The molecule has 3 rings (SSSR count). The molecule has 4 heteroatoms. The predicted molar refractivity (Wildman–Crippen MR) is 89.2 cm³/mol. The maximum atomic E-state index is 12.2. The van der Waals surface area contributed by atoms with Crippen molar-refractivity contribution in [2.45, 2.75) is 70.1 Å². The van der Waals surface area contributed by atoms with Crippen LogP contribution in [0.1, 0.15) is 81.6 Å². The highest BCUT2D eigenvalue weighted by molar-refractivity contribution is 14.1. The van der Waals surface area contributed by atoms with Crippen LogP contribution in [0.5, 0.6) is 0 Å². The van der Waals surface area contributed by atoms with Crippen LogP contribution in [0.2, 0.25) is 0 Å². The lowest BCUT2D eigenvalue weighted by molar-refractivity contribution is 0.514. The molecule has 1 aromatic heterocycles. The maximum absolute atomic E-state index is 12.2. The van der Waals surface area contributed by atoms with Gasteiger partial charge in [-0.25, -0.2) is 4.98 Å².